The van der Waals surface area contributed by atoms with Gasteiger partial charge in [0, 0.05) is 23.9 Å². The van der Waals surface area contributed by atoms with Gasteiger partial charge in [-0.3, -0.25) is 9.36 Å². The number of hydrogen-bond donors (Lipinski definition) is 0. The van der Waals surface area contributed by atoms with Crippen molar-refractivity contribution < 1.29 is 19.1 Å². The first-order chi connectivity index (χ1) is 9.99. The molecule has 2 rings (SSSR count). The minimum atomic E-state index is -0.723. The maximum Gasteiger partial charge on any atom is 0.345 e. The highest BCUT2D eigenvalue weighted by molar-refractivity contribution is 5.91. The number of aromatic nitrogens is 2. The minimum Gasteiger partial charge on any atom is -0.466 e. The van der Waals surface area contributed by atoms with Crippen LogP contribution in [0.4, 0.5) is 0 Å². The Labute approximate surface area is 121 Å². The van der Waals surface area contributed by atoms with Crippen molar-refractivity contribution in [2.45, 2.75) is 25.8 Å². The van der Waals surface area contributed by atoms with Crippen LogP contribution in [-0.2, 0) is 14.3 Å². The van der Waals surface area contributed by atoms with Gasteiger partial charge in [0.2, 0.25) is 0 Å². The van der Waals surface area contributed by atoms with E-state index in [1.54, 1.807) is 0 Å². The van der Waals surface area contributed by atoms with Crippen molar-refractivity contribution in [3.63, 3.8) is 0 Å². The Morgan fingerprint density at radius 1 is 1.38 bits per heavy atom. The van der Waals surface area contributed by atoms with Crippen molar-refractivity contribution in [2.75, 3.05) is 14.2 Å². The summed E-state index contributed by atoms with van der Waals surface area (Å²) in [7, 11) is 2.49. The molecule has 1 aromatic heterocycles. The second kappa shape index (κ2) is 5.90. The summed E-state index contributed by atoms with van der Waals surface area (Å²) in [6.07, 6.45) is 3.79. The van der Waals surface area contributed by atoms with Gasteiger partial charge in [0.25, 0.3) is 5.56 Å². The van der Waals surface area contributed by atoms with Gasteiger partial charge in [0.05, 0.1) is 14.2 Å². The molecule has 0 spiro atoms. The van der Waals surface area contributed by atoms with Gasteiger partial charge in [-0.15, -0.1) is 0 Å². The van der Waals surface area contributed by atoms with Gasteiger partial charge >= 0.3 is 11.9 Å². The first-order valence-electron chi connectivity index (χ1n) is 6.48. The molecule has 1 aromatic rings. The van der Waals surface area contributed by atoms with E-state index in [2.05, 4.69) is 14.5 Å². The number of fused-ring (bicyclic) bond motifs is 1. The lowest BCUT2D eigenvalue weighted by Crippen LogP contribution is -2.34. The van der Waals surface area contributed by atoms with E-state index in [0.717, 1.165) is 0 Å². The van der Waals surface area contributed by atoms with Gasteiger partial charge in [-0.25, -0.2) is 14.6 Å². The van der Waals surface area contributed by atoms with E-state index >= 15 is 0 Å². The number of allylic oxidation sites excluding steroid dienone is 1. The topological polar surface area (TPSA) is 87.5 Å². The van der Waals surface area contributed by atoms with Gasteiger partial charge in [0.15, 0.2) is 0 Å². The van der Waals surface area contributed by atoms with Crippen LogP contribution in [0.25, 0.3) is 5.57 Å². The maximum atomic E-state index is 12.4. The third-order valence-electron chi connectivity index (χ3n) is 3.45. The monoisotopic (exact) mass is 292 g/mol. The van der Waals surface area contributed by atoms with Gasteiger partial charge in [0.1, 0.15) is 11.4 Å². The summed E-state index contributed by atoms with van der Waals surface area (Å²) in [5.74, 6) is -0.840. The predicted molar refractivity (Wildman–Crippen MR) is 73.8 cm³/mol. The van der Waals surface area contributed by atoms with E-state index in [9.17, 15) is 14.4 Å². The lowest BCUT2D eigenvalue weighted by molar-refractivity contribution is -0.134. The zero-order chi connectivity index (χ0) is 15.6. The third kappa shape index (κ3) is 2.72. The number of rotatable bonds is 2. The van der Waals surface area contributed by atoms with E-state index in [0.29, 0.717) is 24.2 Å². The summed E-state index contributed by atoms with van der Waals surface area (Å²) < 4.78 is 10.6. The zero-order valence-corrected chi connectivity index (χ0v) is 12.1. The van der Waals surface area contributed by atoms with Crippen LogP contribution in [0.5, 0.6) is 0 Å². The highest BCUT2D eigenvalue weighted by Gasteiger charge is 2.26. The van der Waals surface area contributed by atoms with Crippen molar-refractivity contribution in [2.24, 2.45) is 0 Å². The summed E-state index contributed by atoms with van der Waals surface area (Å²) in [4.78, 5) is 39.5. The lowest BCUT2D eigenvalue weighted by Gasteiger charge is -2.26. The smallest absolute Gasteiger partial charge is 0.345 e. The fourth-order valence-corrected chi connectivity index (χ4v) is 2.31. The van der Waals surface area contributed by atoms with Crippen molar-refractivity contribution in [3.05, 3.63) is 34.0 Å². The molecule has 0 radical (unpaired) electrons. The molecule has 0 amide bonds. The molecule has 2 heterocycles. The second-order valence-corrected chi connectivity index (χ2v) is 4.74. The zero-order valence-electron chi connectivity index (χ0n) is 12.1. The first-order valence-corrected chi connectivity index (χ1v) is 6.48. The van der Waals surface area contributed by atoms with Crippen molar-refractivity contribution in [1.29, 1.82) is 0 Å². The molecule has 0 bridgehead atoms. The maximum absolute atomic E-state index is 12.4. The van der Waals surface area contributed by atoms with Gasteiger partial charge in [-0.05, 0) is 19.8 Å². The summed E-state index contributed by atoms with van der Waals surface area (Å²) in [6.45, 7) is 1.86. The van der Waals surface area contributed by atoms with Crippen LogP contribution in [-0.4, -0.2) is 35.7 Å². The molecule has 7 heteroatoms. The highest BCUT2D eigenvalue weighted by atomic mass is 16.5. The molecule has 0 N–H and O–H groups in total. The molecule has 0 saturated heterocycles. The van der Waals surface area contributed by atoms with Crippen LogP contribution >= 0.6 is 0 Å². The normalized spacial score (nSPS) is 19.0. The molecular weight excluding hydrogens is 276 g/mol. The number of ether oxygens (including phenoxy) is 2. The highest BCUT2D eigenvalue weighted by Crippen LogP contribution is 2.29. The van der Waals surface area contributed by atoms with Crippen molar-refractivity contribution in [3.8, 4) is 0 Å². The molecule has 0 aromatic carbocycles. The number of carbonyl (C=O) groups excluding carboxylic acids is 2. The van der Waals surface area contributed by atoms with E-state index in [-0.39, 0.29) is 11.6 Å². The second-order valence-electron chi connectivity index (χ2n) is 4.74. The van der Waals surface area contributed by atoms with Crippen LogP contribution in [0.1, 0.15) is 42.0 Å². The van der Waals surface area contributed by atoms with Crippen molar-refractivity contribution >= 4 is 17.5 Å². The number of nitrogens with zero attached hydrogens (tertiary/aromatic N) is 2. The van der Waals surface area contributed by atoms with Crippen molar-refractivity contribution in [1.82, 2.24) is 9.55 Å². The Kier molecular flexibility index (Phi) is 4.21. The minimum absolute atomic E-state index is 0.112. The average molecular weight is 292 g/mol. The molecule has 0 aliphatic carbocycles. The first kappa shape index (κ1) is 15.0. The molecular formula is C14H16N2O5. The molecule has 1 aliphatic rings. The summed E-state index contributed by atoms with van der Waals surface area (Å²) in [5.41, 5.74) is 0.0377. The van der Waals surface area contributed by atoms with Crippen LogP contribution in [0, 0.1) is 0 Å². The van der Waals surface area contributed by atoms with Gasteiger partial charge in [-0.1, -0.05) is 0 Å². The lowest BCUT2D eigenvalue weighted by atomic mass is 9.99. The molecule has 112 valence electrons. The van der Waals surface area contributed by atoms with E-state index in [4.69, 9.17) is 0 Å². The molecule has 0 saturated carbocycles. The van der Waals surface area contributed by atoms with E-state index < -0.39 is 17.5 Å². The molecule has 1 atom stereocenters. The van der Waals surface area contributed by atoms with E-state index in [1.807, 2.05) is 6.92 Å². The molecule has 21 heavy (non-hydrogen) atoms. The number of carbonyl (C=O) groups is 2. The Morgan fingerprint density at radius 2 is 2.10 bits per heavy atom. The standard InChI is InChI=1S/C14H16N2O5/c1-8-4-5-9(6-11(17)20-2)12-15-7-10(14(19)21-3)13(18)16(8)12/h6-8H,4-5H2,1-3H3. The summed E-state index contributed by atoms with van der Waals surface area (Å²) in [6, 6.07) is -0.112. The van der Waals surface area contributed by atoms with Gasteiger partial charge in [-0.2, -0.15) is 0 Å². The summed E-state index contributed by atoms with van der Waals surface area (Å²) >= 11 is 0. The SMILES string of the molecule is COC(=O)C=C1CCC(C)n2c1ncc(C(=O)OC)c2=O. The average Bonchev–Trinajstić information content (AvgIpc) is 2.49. The largest absolute Gasteiger partial charge is 0.466 e. The number of esters is 2. The molecule has 1 unspecified atom stereocenters. The van der Waals surface area contributed by atoms with Gasteiger partial charge < -0.3 is 9.47 Å². The Bertz CT molecular complexity index is 674. The summed E-state index contributed by atoms with van der Waals surface area (Å²) in [5, 5.41) is 0. The Hall–Kier alpha value is -2.44. The molecule has 0 fully saturated rings. The Morgan fingerprint density at radius 3 is 2.71 bits per heavy atom. The Balaban J connectivity index is 2.61. The van der Waals surface area contributed by atoms with Crippen LogP contribution in [0.2, 0.25) is 0 Å². The molecule has 1 aliphatic heterocycles. The predicted octanol–water partition coefficient (Wildman–Crippen LogP) is 0.941. The van der Waals surface area contributed by atoms with Crippen LogP contribution < -0.4 is 5.56 Å². The van der Waals surface area contributed by atoms with E-state index in [1.165, 1.54) is 31.1 Å². The fraction of sp³-hybridized carbons (Fsp3) is 0.429. The van der Waals surface area contributed by atoms with Crippen LogP contribution in [0.3, 0.4) is 0 Å². The number of hydrogen-bond acceptors (Lipinski definition) is 6. The third-order valence-corrected chi connectivity index (χ3v) is 3.45. The molecule has 7 nitrogen and oxygen atoms in total. The fourth-order valence-electron chi connectivity index (χ4n) is 2.31. The van der Waals surface area contributed by atoms with Crippen LogP contribution in [0.15, 0.2) is 17.1 Å². The number of methoxy groups -OCH3 is 2. The quantitative estimate of drug-likeness (QED) is 0.595.